The van der Waals surface area contributed by atoms with Crippen LogP contribution < -0.4 is 5.32 Å². The Kier molecular flexibility index (Phi) is 7.28. The average Bonchev–Trinajstić information content (AvgIpc) is 3.29. The summed E-state index contributed by atoms with van der Waals surface area (Å²) in [6.07, 6.45) is 4.23. The van der Waals surface area contributed by atoms with Crippen molar-refractivity contribution >= 4 is 35.0 Å². The van der Waals surface area contributed by atoms with E-state index in [1.807, 2.05) is 43.0 Å². The predicted molar refractivity (Wildman–Crippen MR) is 135 cm³/mol. The number of nitrogens with one attached hydrogen (secondary N) is 1. The van der Waals surface area contributed by atoms with Gasteiger partial charge in [-0.1, -0.05) is 62.0 Å². The van der Waals surface area contributed by atoms with Crippen molar-refractivity contribution in [2.75, 3.05) is 13.1 Å². The normalized spacial score (nSPS) is 22.7. The van der Waals surface area contributed by atoms with Gasteiger partial charge in [0.25, 0.3) is 5.91 Å². The topological polar surface area (TPSA) is 69.6 Å². The summed E-state index contributed by atoms with van der Waals surface area (Å²) in [4.78, 5) is 28.4. The molecule has 1 spiro atoms. The van der Waals surface area contributed by atoms with Gasteiger partial charge < -0.3 is 15.3 Å². The van der Waals surface area contributed by atoms with Crippen LogP contribution in [0.15, 0.2) is 48.5 Å². The summed E-state index contributed by atoms with van der Waals surface area (Å²) in [6.45, 7) is 4.78. The maximum absolute atomic E-state index is 13.7. The number of hydrogen-bond acceptors (Lipinski definition) is 3. The molecule has 2 aromatic rings. The van der Waals surface area contributed by atoms with Gasteiger partial charge in [-0.05, 0) is 67.1 Å². The molecule has 0 bridgehead atoms. The summed E-state index contributed by atoms with van der Waals surface area (Å²) in [7, 11) is 0. The molecule has 1 aliphatic carbocycles. The Labute approximate surface area is 211 Å². The van der Waals surface area contributed by atoms with E-state index < -0.39 is 17.1 Å². The van der Waals surface area contributed by atoms with E-state index in [0.717, 1.165) is 31.2 Å². The number of hydrogen-bond donors (Lipinski definition) is 2. The Morgan fingerprint density at radius 3 is 2.06 bits per heavy atom. The van der Waals surface area contributed by atoms with Crippen LogP contribution in [0.2, 0.25) is 10.0 Å². The molecular formula is C27H32Cl2N2O3. The standard InChI is InChI=1S/C27H32Cl2N2O3/c1-18(2)23(30-24(32)19-5-9-21(28)10-6-19)25(33)31-16-15-27(34,20-7-11-22(29)12-8-20)26(17-31)13-3-4-14-26/h5-12,18,23,34H,3-4,13-17H2,1-2H3,(H,30,32)/t23-,27?/m1/s1. The lowest BCUT2D eigenvalue weighted by Crippen LogP contribution is -2.61. The number of carbonyl (C=O) groups excluding carboxylic acids is 2. The van der Waals surface area contributed by atoms with E-state index in [0.29, 0.717) is 35.1 Å². The van der Waals surface area contributed by atoms with Crippen molar-refractivity contribution in [2.24, 2.45) is 11.3 Å². The third-order valence-corrected chi connectivity index (χ3v) is 8.14. The molecule has 5 nitrogen and oxygen atoms in total. The molecule has 0 radical (unpaired) electrons. The molecule has 2 aromatic carbocycles. The molecule has 4 rings (SSSR count). The molecule has 2 N–H and O–H groups in total. The van der Waals surface area contributed by atoms with Crippen LogP contribution >= 0.6 is 23.2 Å². The van der Waals surface area contributed by atoms with Crippen molar-refractivity contribution in [1.29, 1.82) is 0 Å². The zero-order chi connectivity index (χ0) is 24.5. The highest BCUT2D eigenvalue weighted by molar-refractivity contribution is 6.30. The lowest BCUT2D eigenvalue weighted by atomic mass is 9.63. The molecule has 1 saturated heterocycles. The van der Waals surface area contributed by atoms with E-state index in [2.05, 4.69) is 5.32 Å². The van der Waals surface area contributed by atoms with Gasteiger partial charge in [-0.2, -0.15) is 0 Å². The Balaban J connectivity index is 1.55. The minimum Gasteiger partial charge on any atom is -0.384 e. The van der Waals surface area contributed by atoms with Crippen LogP contribution in [0, 0.1) is 11.3 Å². The first-order chi connectivity index (χ1) is 16.1. The Hall–Kier alpha value is -2.08. The molecule has 182 valence electrons. The van der Waals surface area contributed by atoms with E-state index in [9.17, 15) is 14.7 Å². The molecular weight excluding hydrogens is 471 g/mol. The first-order valence-electron chi connectivity index (χ1n) is 12.0. The molecule has 0 aromatic heterocycles. The Bertz CT molecular complexity index is 1030. The molecule has 7 heteroatoms. The minimum atomic E-state index is -1.01. The second-order valence-corrected chi connectivity index (χ2v) is 10.9. The van der Waals surface area contributed by atoms with Crippen LogP contribution in [0.1, 0.15) is 61.9 Å². The molecule has 2 aliphatic rings. The molecule has 1 saturated carbocycles. The van der Waals surface area contributed by atoms with Crippen LogP contribution in [0.3, 0.4) is 0 Å². The summed E-state index contributed by atoms with van der Waals surface area (Å²) >= 11 is 12.0. The largest absolute Gasteiger partial charge is 0.384 e. The monoisotopic (exact) mass is 502 g/mol. The van der Waals surface area contributed by atoms with Crippen LogP contribution in [-0.4, -0.2) is 41.0 Å². The molecule has 2 fully saturated rings. The number of piperidine rings is 1. The number of rotatable bonds is 5. The lowest BCUT2D eigenvalue weighted by Gasteiger charge is -2.53. The van der Waals surface area contributed by atoms with Gasteiger partial charge in [0, 0.05) is 34.1 Å². The summed E-state index contributed by atoms with van der Waals surface area (Å²) < 4.78 is 0. The van der Waals surface area contributed by atoms with Gasteiger partial charge in [0.15, 0.2) is 0 Å². The second kappa shape index (κ2) is 9.88. The SMILES string of the molecule is CC(C)[C@@H](NC(=O)c1ccc(Cl)cc1)C(=O)N1CCC(O)(c2ccc(Cl)cc2)C2(CCCC2)C1. The van der Waals surface area contributed by atoms with Crippen molar-refractivity contribution in [3.63, 3.8) is 0 Å². The van der Waals surface area contributed by atoms with Gasteiger partial charge in [-0.15, -0.1) is 0 Å². The zero-order valence-electron chi connectivity index (χ0n) is 19.7. The summed E-state index contributed by atoms with van der Waals surface area (Å²) in [6, 6.07) is 13.4. The lowest BCUT2D eigenvalue weighted by molar-refractivity contribution is -0.161. The van der Waals surface area contributed by atoms with Crippen molar-refractivity contribution in [3.8, 4) is 0 Å². The van der Waals surface area contributed by atoms with Gasteiger partial charge in [0.05, 0.1) is 5.60 Å². The highest BCUT2D eigenvalue weighted by Crippen LogP contribution is 2.55. The Morgan fingerprint density at radius 2 is 1.50 bits per heavy atom. The summed E-state index contributed by atoms with van der Waals surface area (Å²) in [5.41, 5.74) is -0.0884. The number of benzene rings is 2. The maximum Gasteiger partial charge on any atom is 0.251 e. The van der Waals surface area contributed by atoms with Crippen LogP contribution in [0.4, 0.5) is 0 Å². The van der Waals surface area contributed by atoms with Gasteiger partial charge in [0.2, 0.25) is 5.91 Å². The van der Waals surface area contributed by atoms with Crippen LogP contribution in [0.25, 0.3) is 0 Å². The second-order valence-electron chi connectivity index (χ2n) is 10.1. The van der Waals surface area contributed by atoms with Gasteiger partial charge in [-0.3, -0.25) is 9.59 Å². The Morgan fingerprint density at radius 1 is 0.941 bits per heavy atom. The molecule has 1 unspecified atom stereocenters. The van der Waals surface area contributed by atoms with Crippen molar-refractivity contribution in [3.05, 3.63) is 69.7 Å². The average molecular weight is 503 g/mol. The smallest absolute Gasteiger partial charge is 0.251 e. The molecule has 2 amide bonds. The van der Waals surface area contributed by atoms with Gasteiger partial charge in [0.1, 0.15) is 6.04 Å². The minimum absolute atomic E-state index is 0.0830. The van der Waals surface area contributed by atoms with E-state index in [4.69, 9.17) is 23.2 Å². The molecule has 1 heterocycles. The van der Waals surface area contributed by atoms with E-state index in [-0.39, 0.29) is 17.7 Å². The summed E-state index contributed by atoms with van der Waals surface area (Å²) in [5.74, 6) is -0.476. The van der Waals surface area contributed by atoms with Crippen molar-refractivity contribution in [2.45, 2.75) is 57.6 Å². The fourth-order valence-electron chi connectivity index (χ4n) is 5.66. The zero-order valence-corrected chi connectivity index (χ0v) is 21.2. The first kappa shape index (κ1) is 25.0. The molecule has 1 aliphatic heterocycles. The highest BCUT2D eigenvalue weighted by atomic mass is 35.5. The third kappa shape index (κ3) is 4.71. The van der Waals surface area contributed by atoms with Crippen LogP contribution in [-0.2, 0) is 10.4 Å². The van der Waals surface area contributed by atoms with Crippen molar-refractivity contribution < 1.29 is 14.7 Å². The molecule has 34 heavy (non-hydrogen) atoms. The number of carbonyl (C=O) groups is 2. The van der Waals surface area contributed by atoms with E-state index >= 15 is 0 Å². The quantitative estimate of drug-likeness (QED) is 0.572. The highest BCUT2D eigenvalue weighted by Gasteiger charge is 2.56. The van der Waals surface area contributed by atoms with E-state index in [1.165, 1.54) is 0 Å². The van der Waals surface area contributed by atoms with Gasteiger partial charge in [-0.25, -0.2) is 0 Å². The fourth-order valence-corrected chi connectivity index (χ4v) is 5.91. The number of aliphatic hydroxyl groups is 1. The van der Waals surface area contributed by atoms with Crippen LogP contribution in [0.5, 0.6) is 0 Å². The maximum atomic E-state index is 13.7. The molecule has 2 atom stereocenters. The number of likely N-dealkylation sites (tertiary alicyclic amines) is 1. The number of amides is 2. The van der Waals surface area contributed by atoms with E-state index in [1.54, 1.807) is 24.3 Å². The number of halogens is 2. The third-order valence-electron chi connectivity index (χ3n) is 7.63. The summed E-state index contributed by atoms with van der Waals surface area (Å²) in [5, 5.41) is 16.1. The number of nitrogens with zero attached hydrogens (tertiary/aromatic N) is 1. The fraction of sp³-hybridized carbons (Fsp3) is 0.481. The van der Waals surface area contributed by atoms with Crippen molar-refractivity contribution in [1.82, 2.24) is 10.2 Å². The first-order valence-corrected chi connectivity index (χ1v) is 12.7. The predicted octanol–water partition coefficient (Wildman–Crippen LogP) is 5.43. The van der Waals surface area contributed by atoms with Gasteiger partial charge >= 0.3 is 0 Å².